The van der Waals surface area contributed by atoms with Gasteiger partial charge in [-0.3, -0.25) is 4.98 Å². The van der Waals surface area contributed by atoms with Crippen LogP contribution in [0, 0.1) is 151 Å². The summed E-state index contributed by atoms with van der Waals surface area (Å²) >= 11 is 0. The van der Waals surface area contributed by atoms with Crippen LogP contribution in [0.1, 0.15) is 139 Å². The van der Waals surface area contributed by atoms with Gasteiger partial charge < -0.3 is 4.74 Å². The van der Waals surface area contributed by atoms with Crippen molar-refractivity contribution in [3.8, 4) is 90.1 Å². The molecule has 0 fully saturated rings. The zero-order valence-corrected chi connectivity index (χ0v) is 74.3. The maximum absolute atomic E-state index is 5.22. The van der Waals surface area contributed by atoms with E-state index in [2.05, 4.69) is 392 Å². The number of nitrogens with zero attached hydrogens (tertiary/aromatic N) is 11. The second-order valence-corrected chi connectivity index (χ2v) is 31.4. The summed E-state index contributed by atoms with van der Waals surface area (Å²) in [7, 11) is 0. The Hall–Kier alpha value is -12.9. The first-order valence-electron chi connectivity index (χ1n) is 40.8. The van der Waals surface area contributed by atoms with E-state index in [1.807, 2.05) is 74.6 Å². The lowest BCUT2D eigenvalue weighted by Crippen LogP contribution is -2.09. The number of aryl methyl sites for hydroxylation is 21. The van der Waals surface area contributed by atoms with Gasteiger partial charge in [0.25, 0.3) is 0 Å². The van der Waals surface area contributed by atoms with Gasteiger partial charge in [-0.05, 0) is 266 Å². The number of pyridine rings is 4. The average Bonchev–Trinajstić information content (AvgIpc) is 1.80. The molecule has 0 aliphatic carbocycles. The van der Waals surface area contributed by atoms with Crippen molar-refractivity contribution in [2.45, 2.75) is 172 Å². The highest BCUT2D eigenvalue weighted by atomic mass is 16.5. The molecule has 12 heteroatoms. The Kier molecular flexibility index (Phi) is 32.8. The minimum atomic E-state index is 0.398. The highest BCUT2D eigenvalue weighted by Crippen LogP contribution is 2.31. The fraction of sp³-hybridized carbons (Fsp3) is 0.243. The molecule has 119 heavy (non-hydrogen) atoms. The van der Waals surface area contributed by atoms with Gasteiger partial charge in [0.2, 0.25) is 0 Å². The smallest absolute Gasteiger partial charge is 0.129 e. The van der Waals surface area contributed by atoms with Gasteiger partial charge >= 0.3 is 0 Å². The molecule has 15 aromatic rings. The van der Waals surface area contributed by atoms with Gasteiger partial charge in [0.05, 0.1) is 51.8 Å². The van der Waals surface area contributed by atoms with Crippen LogP contribution >= 0.6 is 0 Å². The van der Waals surface area contributed by atoms with E-state index in [-0.39, 0.29) is 0 Å². The van der Waals surface area contributed by atoms with Crippen molar-refractivity contribution in [1.82, 2.24) is 54.8 Å². The van der Waals surface area contributed by atoms with Gasteiger partial charge in [-0.25, -0.2) is 49.8 Å². The molecule has 0 N–H and O–H groups in total. The standard InChI is InChI=1S/3C20H19N.C19H18N2.C8H11N.C7H10N2.C7H12O.C6H9N3/c1-14-4-8-17(9-5-14)19-12-16(3)13-20(21-19)18-10-6-15(2)7-11-18;1-14-6-4-8-17(10-14)19-12-16(3)13-20(21-19)18-9-5-7-15(2)11-18;1-14-6-4-8-17(12-14)19-11-10-16(3)20(21-19)18-9-5-7-15(2)13-18;1-13-4-8-16(9-5-13)18-12-19(21-15(3)20-18)17-10-6-14(2)7-11-17;1-6-4-7(2)9-8(3)5-6;1-5-4-6(2)9-7(3)8-5;1-5-4-8-7(3)6(5)2;1-4-7-5(2)9-6(3)8-4/h3*4-13H,1-3H3;4-12H,1-3H3;4-5H,1-3H3;4H,1-3H3;4,6-7H,1-3H3;1-3H3. The lowest BCUT2D eigenvalue weighted by molar-refractivity contribution is 0.158. The molecule has 7 aromatic heterocycles. The van der Waals surface area contributed by atoms with Crippen LogP contribution in [0.2, 0.25) is 0 Å². The van der Waals surface area contributed by atoms with E-state index >= 15 is 0 Å². The highest BCUT2D eigenvalue weighted by Gasteiger charge is 2.20. The Morgan fingerprint density at radius 2 is 0.496 bits per heavy atom. The maximum atomic E-state index is 5.22. The molecule has 0 spiro atoms. The summed E-state index contributed by atoms with van der Waals surface area (Å²) in [5.41, 5.74) is 38.1. The molecule has 8 heterocycles. The van der Waals surface area contributed by atoms with Crippen LogP contribution in [0.5, 0.6) is 0 Å². The molecule has 0 amide bonds. The fourth-order valence-corrected chi connectivity index (χ4v) is 13.4. The van der Waals surface area contributed by atoms with Crippen LogP contribution in [0.4, 0.5) is 0 Å². The normalized spacial score (nSPS) is 12.2. The van der Waals surface area contributed by atoms with Gasteiger partial charge in [-0.2, -0.15) is 0 Å². The van der Waals surface area contributed by atoms with Crippen molar-refractivity contribution in [2.24, 2.45) is 5.92 Å². The molecule has 8 aromatic carbocycles. The van der Waals surface area contributed by atoms with Gasteiger partial charge in [0, 0.05) is 73.2 Å². The summed E-state index contributed by atoms with van der Waals surface area (Å²) in [6, 6.07) is 88.9. The molecule has 1 aliphatic heterocycles. The molecule has 16 rings (SSSR count). The molecule has 2 atom stereocenters. The van der Waals surface area contributed by atoms with E-state index in [1.54, 1.807) is 0 Å². The van der Waals surface area contributed by atoms with Crippen LogP contribution in [0.25, 0.3) is 90.1 Å². The summed E-state index contributed by atoms with van der Waals surface area (Å²) in [5.74, 6) is 4.64. The molecule has 0 radical (unpaired) electrons. The summed E-state index contributed by atoms with van der Waals surface area (Å²) in [6.07, 6.45) is 2.25. The first-order valence-corrected chi connectivity index (χ1v) is 40.8. The van der Waals surface area contributed by atoms with E-state index in [0.29, 0.717) is 12.0 Å². The SMILES string of the molecule is CC1=COC(C)C1C.Cc1cc(C)nc(C)c1.Cc1cc(C)nc(C)n1.Cc1ccc(-c2cc(-c3ccc(C)cc3)nc(C)n2)cc1.Cc1ccc(-c2cc(C)cc(-c3ccc(C)cc3)n2)cc1.Cc1cccc(-c2cc(C)cc(-c3cccc(C)c3)n2)c1.Cc1cccc(-c2ccc(C)c(-c3cccc(C)c3)n2)c1.Cc1nc(C)nc(C)n1. The third-order valence-electron chi connectivity index (χ3n) is 19.7. The number of aromatic nitrogens is 11. The van der Waals surface area contributed by atoms with Gasteiger partial charge in [-0.15, -0.1) is 0 Å². The fourth-order valence-electron chi connectivity index (χ4n) is 13.4. The quantitative estimate of drug-likeness (QED) is 0.142. The maximum Gasteiger partial charge on any atom is 0.129 e. The van der Waals surface area contributed by atoms with E-state index in [4.69, 9.17) is 19.7 Å². The van der Waals surface area contributed by atoms with Crippen molar-refractivity contribution in [3.05, 3.63) is 385 Å². The van der Waals surface area contributed by atoms with Gasteiger partial charge in [-0.1, -0.05) is 227 Å². The lowest BCUT2D eigenvalue weighted by Gasteiger charge is -2.09. The second-order valence-electron chi connectivity index (χ2n) is 31.4. The number of benzene rings is 8. The van der Waals surface area contributed by atoms with Gasteiger partial charge in [0.15, 0.2) is 0 Å². The van der Waals surface area contributed by atoms with Crippen LogP contribution in [-0.2, 0) is 4.74 Å². The zero-order valence-electron chi connectivity index (χ0n) is 74.3. The minimum absolute atomic E-state index is 0.398. The number of hydrogen-bond donors (Lipinski definition) is 0. The molecule has 2 unspecified atom stereocenters. The van der Waals surface area contributed by atoms with E-state index < -0.39 is 0 Å². The van der Waals surface area contributed by atoms with Crippen molar-refractivity contribution < 1.29 is 4.74 Å². The Labute approximate surface area is 708 Å². The third kappa shape index (κ3) is 28.7. The monoisotopic (exact) mass is 1570 g/mol. The van der Waals surface area contributed by atoms with E-state index in [9.17, 15) is 0 Å². The summed E-state index contributed by atoms with van der Waals surface area (Å²) in [5, 5.41) is 0. The molecular weight excluding hydrogens is 1460 g/mol. The van der Waals surface area contributed by atoms with E-state index in [0.717, 1.165) is 120 Å². The lowest BCUT2D eigenvalue weighted by atomic mass is 10.0. The van der Waals surface area contributed by atoms with Crippen LogP contribution in [-0.4, -0.2) is 60.9 Å². The molecule has 1 aliphatic rings. The van der Waals surface area contributed by atoms with Crippen LogP contribution in [0.3, 0.4) is 0 Å². The molecule has 606 valence electrons. The summed E-state index contributed by atoms with van der Waals surface area (Å²) < 4.78 is 5.22. The topological polar surface area (TPSA) is 151 Å². The molecule has 12 nitrogen and oxygen atoms in total. The van der Waals surface area contributed by atoms with Crippen LogP contribution < -0.4 is 0 Å². The predicted octanol–water partition coefficient (Wildman–Crippen LogP) is 26.9. The largest absolute Gasteiger partial charge is 0.498 e. The van der Waals surface area contributed by atoms with Gasteiger partial charge in [0.1, 0.15) is 35.2 Å². The second kappa shape index (κ2) is 43.3. The van der Waals surface area contributed by atoms with Crippen molar-refractivity contribution in [1.29, 1.82) is 0 Å². The summed E-state index contributed by atoms with van der Waals surface area (Å²) in [6.45, 7) is 49.1. The Morgan fingerprint density at radius 1 is 0.202 bits per heavy atom. The van der Waals surface area contributed by atoms with Crippen molar-refractivity contribution >= 4 is 0 Å². The highest BCUT2D eigenvalue weighted by molar-refractivity contribution is 5.73. The molecule has 0 bridgehead atoms. The zero-order chi connectivity index (χ0) is 86.0. The Bertz CT molecular complexity index is 5290. The summed E-state index contributed by atoms with van der Waals surface area (Å²) in [4.78, 5) is 48.2. The molecule has 0 saturated heterocycles. The van der Waals surface area contributed by atoms with E-state index in [1.165, 1.54) is 94.6 Å². The van der Waals surface area contributed by atoms with Crippen LogP contribution in [0.15, 0.2) is 267 Å². The first-order chi connectivity index (χ1) is 56.7. The third-order valence-corrected chi connectivity index (χ3v) is 19.7. The van der Waals surface area contributed by atoms with Crippen molar-refractivity contribution in [2.75, 3.05) is 0 Å². The minimum Gasteiger partial charge on any atom is -0.498 e. The average molecular weight is 1570 g/mol. The Balaban J connectivity index is 0.000000160. The Morgan fingerprint density at radius 3 is 0.807 bits per heavy atom. The molecular formula is C107H117N11O. The first kappa shape index (κ1) is 90.0. The number of hydrogen-bond acceptors (Lipinski definition) is 12. The van der Waals surface area contributed by atoms with Crippen molar-refractivity contribution in [3.63, 3.8) is 0 Å². The predicted molar refractivity (Wildman–Crippen MR) is 497 cm³/mol. The molecule has 0 saturated carbocycles. The number of rotatable bonds is 8. The number of ether oxygens (including phenoxy) is 1.